The molecule has 0 fully saturated rings. The van der Waals surface area contributed by atoms with Crippen LogP contribution in [-0.2, 0) is 11.2 Å². The average molecular weight is 253 g/mol. The van der Waals surface area contributed by atoms with E-state index < -0.39 is 0 Å². The highest BCUT2D eigenvalue weighted by molar-refractivity contribution is 5.16. The molecule has 1 unspecified atom stereocenters. The van der Waals surface area contributed by atoms with Crippen molar-refractivity contribution in [2.45, 2.75) is 26.7 Å². The van der Waals surface area contributed by atoms with E-state index in [2.05, 4.69) is 12.2 Å². The molecule has 0 aromatic heterocycles. The summed E-state index contributed by atoms with van der Waals surface area (Å²) in [7, 11) is 0. The maximum atomic E-state index is 12.8. The van der Waals surface area contributed by atoms with Crippen LogP contribution in [0.5, 0.6) is 0 Å². The minimum Gasteiger partial charge on any atom is -0.382 e. The monoisotopic (exact) mass is 253 g/mol. The standard InChI is InChI=1S/C15H24FNO/c1-3-17-12-14(9-10-18-4-2)11-13-5-7-15(16)8-6-13/h5-8,14,17H,3-4,9-12H2,1-2H3. The third kappa shape index (κ3) is 6.12. The lowest BCUT2D eigenvalue weighted by molar-refractivity contribution is 0.131. The van der Waals surface area contributed by atoms with E-state index in [1.54, 1.807) is 0 Å². The molecule has 18 heavy (non-hydrogen) atoms. The molecule has 0 saturated heterocycles. The Hall–Kier alpha value is -0.930. The molecule has 0 aliphatic heterocycles. The summed E-state index contributed by atoms with van der Waals surface area (Å²) in [5, 5.41) is 3.38. The third-order valence-electron chi connectivity index (χ3n) is 3.00. The van der Waals surface area contributed by atoms with E-state index in [-0.39, 0.29) is 5.82 Å². The van der Waals surface area contributed by atoms with Gasteiger partial charge in [-0.25, -0.2) is 4.39 Å². The van der Waals surface area contributed by atoms with Crippen molar-refractivity contribution in [2.75, 3.05) is 26.3 Å². The first kappa shape index (κ1) is 15.1. The van der Waals surface area contributed by atoms with E-state index in [0.717, 1.165) is 39.1 Å². The van der Waals surface area contributed by atoms with E-state index in [1.165, 1.54) is 17.7 Å². The van der Waals surface area contributed by atoms with Gasteiger partial charge in [-0.15, -0.1) is 0 Å². The highest BCUT2D eigenvalue weighted by Crippen LogP contribution is 2.13. The fraction of sp³-hybridized carbons (Fsp3) is 0.600. The fourth-order valence-electron chi connectivity index (χ4n) is 1.97. The molecule has 1 aromatic carbocycles. The van der Waals surface area contributed by atoms with Crippen LogP contribution in [0.3, 0.4) is 0 Å². The summed E-state index contributed by atoms with van der Waals surface area (Å²) in [6.45, 7) is 7.66. The topological polar surface area (TPSA) is 21.3 Å². The van der Waals surface area contributed by atoms with Gasteiger partial charge in [0.05, 0.1) is 0 Å². The van der Waals surface area contributed by atoms with Crippen molar-refractivity contribution in [3.63, 3.8) is 0 Å². The molecule has 0 heterocycles. The number of nitrogens with one attached hydrogen (secondary N) is 1. The van der Waals surface area contributed by atoms with Crippen molar-refractivity contribution >= 4 is 0 Å². The van der Waals surface area contributed by atoms with Crippen molar-refractivity contribution in [2.24, 2.45) is 5.92 Å². The van der Waals surface area contributed by atoms with E-state index in [0.29, 0.717) is 5.92 Å². The average Bonchev–Trinajstić information content (AvgIpc) is 2.38. The Morgan fingerprint density at radius 2 is 1.94 bits per heavy atom. The third-order valence-corrected chi connectivity index (χ3v) is 3.00. The maximum Gasteiger partial charge on any atom is 0.123 e. The SMILES string of the molecule is CCNCC(CCOCC)Cc1ccc(F)cc1. The quantitative estimate of drug-likeness (QED) is 0.683. The summed E-state index contributed by atoms with van der Waals surface area (Å²) >= 11 is 0. The van der Waals surface area contributed by atoms with Gasteiger partial charge in [0.2, 0.25) is 0 Å². The zero-order valence-electron chi connectivity index (χ0n) is 11.4. The summed E-state index contributed by atoms with van der Waals surface area (Å²) in [5.41, 5.74) is 1.19. The molecule has 1 N–H and O–H groups in total. The molecule has 2 nitrogen and oxygen atoms in total. The van der Waals surface area contributed by atoms with Crippen molar-refractivity contribution in [1.82, 2.24) is 5.32 Å². The van der Waals surface area contributed by atoms with Crippen LogP contribution >= 0.6 is 0 Å². The summed E-state index contributed by atoms with van der Waals surface area (Å²) in [6.07, 6.45) is 2.01. The summed E-state index contributed by atoms with van der Waals surface area (Å²) in [6, 6.07) is 6.80. The van der Waals surface area contributed by atoms with E-state index >= 15 is 0 Å². The Balaban J connectivity index is 2.45. The molecule has 1 aromatic rings. The minimum atomic E-state index is -0.170. The second-order valence-electron chi connectivity index (χ2n) is 4.49. The van der Waals surface area contributed by atoms with Gasteiger partial charge >= 0.3 is 0 Å². The van der Waals surface area contributed by atoms with Crippen LogP contribution in [0.1, 0.15) is 25.8 Å². The van der Waals surface area contributed by atoms with E-state index in [9.17, 15) is 4.39 Å². The molecular formula is C15H24FNO. The normalized spacial score (nSPS) is 12.6. The lowest BCUT2D eigenvalue weighted by Crippen LogP contribution is -2.25. The van der Waals surface area contributed by atoms with E-state index in [1.807, 2.05) is 19.1 Å². The predicted octanol–water partition coefficient (Wildman–Crippen LogP) is 3.02. The zero-order valence-corrected chi connectivity index (χ0v) is 11.4. The minimum absolute atomic E-state index is 0.170. The van der Waals surface area contributed by atoms with Gasteiger partial charge < -0.3 is 10.1 Å². The van der Waals surface area contributed by atoms with E-state index in [4.69, 9.17) is 4.74 Å². The first-order valence-corrected chi connectivity index (χ1v) is 6.79. The molecule has 0 aliphatic carbocycles. The predicted molar refractivity (Wildman–Crippen MR) is 73.2 cm³/mol. The molecule has 0 spiro atoms. The van der Waals surface area contributed by atoms with Crippen LogP contribution in [0.25, 0.3) is 0 Å². The fourth-order valence-corrected chi connectivity index (χ4v) is 1.97. The second kappa shape index (κ2) is 9.06. The Labute approximate surface area is 110 Å². The Kier molecular flexibility index (Phi) is 7.62. The first-order chi connectivity index (χ1) is 8.76. The Bertz CT molecular complexity index is 313. The molecule has 0 aliphatic rings. The maximum absolute atomic E-state index is 12.8. The van der Waals surface area contributed by atoms with Crippen molar-refractivity contribution in [3.05, 3.63) is 35.6 Å². The number of hydrogen-bond donors (Lipinski definition) is 1. The number of benzene rings is 1. The molecule has 3 heteroatoms. The van der Waals surface area contributed by atoms with Gasteiger partial charge in [-0.1, -0.05) is 19.1 Å². The summed E-state index contributed by atoms with van der Waals surface area (Å²) in [5.74, 6) is 0.373. The van der Waals surface area contributed by atoms with Crippen LogP contribution < -0.4 is 5.32 Å². The first-order valence-electron chi connectivity index (χ1n) is 6.79. The number of halogens is 1. The smallest absolute Gasteiger partial charge is 0.123 e. The molecule has 0 amide bonds. The van der Waals surface area contributed by atoms with Crippen LogP contribution in [0, 0.1) is 11.7 Å². The molecule has 102 valence electrons. The molecule has 0 radical (unpaired) electrons. The molecule has 1 rings (SSSR count). The van der Waals surface area contributed by atoms with Gasteiger partial charge in [-0.3, -0.25) is 0 Å². The second-order valence-corrected chi connectivity index (χ2v) is 4.49. The summed E-state index contributed by atoms with van der Waals surface area (Å²) < 4.78 is 18.3. The Morgan fingerprint density at radius 1 is 1.22 bits per heavy atom. The van der Waals surface area contributed by atoms with Gasteiger partial charge in [-0.2, -0.15) is 0 Å². The molecule has 0 saturated carbocycles. The molecule has 0 bridgehead atoms. The van der Waals surface area contributed by atoms with Gasteiger partial charge in [-0.05, 0) is 56.5 Å². The van der Waals surface area contributed by atoms with Crippen molar-refractivity contribution in [3.8, 4) is 0 Å². The Morgan fingerprint density at radius 3 is 2.56 bits per heavy atom. The van der Waals surface area contributed by atoms with Gasteiger partial charge in [0.15, 0.2) is 0 Å². The molecular weight excluding hydrogens is 229 g/mol. The van der Waals surface area contributed by atoms with Crippen LogP contribution in [0.15, 0.2) is 24.3 Å². The van der Waals surface area contributed by atoms with Crippen molar-refractivity contribution < 1.29 is 9.13 Å². The highest BCUT2D eigenvalue weighted by atomic mass is 19.1. The highest BCUT2D eigenvalue weighted by Gasteiger charge is 2.09. The zero-order chi connectivity index (χ0) is 13.2. The van der Waals surface area contributed by atoms with Crippen molar-refractivity contribution in [1.29, 1.82) is 0 Å². The van der Waals surface area contributed by atoms with Gasteiger partial charge in [0, 0.05) is 13.2 Å². The van der Waals surface area contributed by atoms with Gasteiger partial charge in [0.25, 0.3) is 0 Å². The molecule has 1 atom stereocenters. The van der Waals surface area contributed by atoms with Gasteiger partial charge in [0.1, 0.15) is 5.82 Å². The number of rotatable bonds is 9. The summed E-state index contributed by atoms with van der Waals surface area (Å²) in [4.78, 5) is 0. The lowest BCUT2D eigenvalue weighted by atomic mass is 9.96. The van der Waals surface area contributed by atoms with Crippen LogP contribution in [0.2, 0.25) is 0 Å². The number of hydrogen-bond acceptors (Lipinski definition) is 2. The van der Waals surface area contributed by atoms with Crippen LogP contribution in [0.4, 0.5) is 4.39 Å². The number of ether oxygens (including phenoxy) is 1. The lowest BCUT2D eigenvalue weighted by Gasteiger charge is -2.17. The van der Waals surface area contributed by atoms with Crippen LogP contribution in [-0.4, -0.2) is 26.3 Å². The largest absolute Gasteiger partial charge is 0.382 e.